The van der Waals surface area contributed by atoms with Crippen LogP contribution in [0.3, 0.4) is 0 Å². The summed E-state index contributed by atoms with van der Waals surface area (Å²) in [5.41, 5.74) is 0.704. The largest absolute Gasteiger partial charge is 0.480 e. The van der Waals surface area contributed by atoms with Crippen molar-refractivity contribution >= 4 is 17.5 Å². The number of aliphatic carboxylic acids is 1. The van der Waals surface area contributed by atoms with E-state index in [0.717, 1.165) is 12.2 Å². The number of aliphatic hydroxyl groups is 1. The summed E-state index contributed by atoms with van der Waals surface area (Å²) < 4.78 is 0. The number of hydrogen-bond donors (Lipinski definition) is 3. The van der Waals surface area contributed by atoms with Crippen LogP contribution in [0.5, 0.6) is 0 Å². The highest BCUT2D eigenvalue weighted by atomic mass is 16.4. The molecule has 0 saturated carbocycles. The normalized spacial score (nSPS) is 17.6. The summed E-state index contributed by atoms with van der Waals surface area (Å²) in [6, 6.07) is -1.20. The van der Waals surface area contributed by atoms with Gasteiger partial charge in [-0.25, -0.2) is 4.79 Å². The van der Waals surface area contributed by atoms with E-state index in [2.05, 4.69) is 5.32 Å². The molecule has 1 aliphatic carbocycles. The predicted molar refractivity (Wildman–Crippen MR) is 53.5 cm³/mol. The Morgan fingerprint density at radius 3 is 2.44 bits per heavy atom. The fraction of sp³-hybridized carbons (Fsp3) is 0.300. The van der Waals surface area contributed by atoms with Crippen molar-refractivity contribution < 1.29 is 24.6 Å². The summed E-state index contributed by atoms with van der Waals surface area (Å²) >= 11 is 0. The molecule has 0 fully saturated rings. The van der Waals surface area contributed by atoms with E-state index in [4.69, 9.17) is 10.2 Å². The zero-order valence-electron chi connectivity index (χ0n) is 8.56. The second-order valence-electron chi connectivity index (χ2n) is 3.33. The molecule has 16 heavy (non-hydrogen) atoms. The standard InChI is InChI=1S/C10H11NO5/c1-5-2-8(13)9(14)3-6(5)11-7(4-12)10(15)16/h2-3,7,11-12H,4H2,1H3,(H,15,16). The fourth-order valence-electron chi connectivity index (χ4n) is 1.19. The molecular weight excluding hydrogens is 214 g/mol. The van der Waals surface area contributed by atoms with Gasteiger partial charge in [-0.2, -0.15) is 0 Å². The average molecular weight is 225 g/mol. The molecule has 1 atom stereocenters. The second-order valence-corrected chi connectivity index (χ2v) is 3.33. The Morgan fingerprint density at radius 2 is 1.94 bits per heavy atom. The Kier molecular flexibility index (Phi) is 3.57. The van der Waals surface area contributed by atoms with E-state index in [9.17, 15) is 14.4 Å². The van der Waals surface area contributed by atoms with Crippen molar-refractivity contribution in [2.45, 2.75) is 13.0 Å². The van der Waals surface area contributed by atoms with E-state index in [-0.39, 0.29) is 5.70 Å². The fourth-order valence-corrected chi connectivity index (χ4v) is 1.19. The highest BCUT2D eigenvalue weighted by Crippen LogP contribution is 2.12. The Morgan fingerprint density at radius 1 is 1.38 bits per heavy atom. The molecule has 0 radical (unpaired) electrons. The van der Waals surface area contributed by atoms with Gasteiger partial charge < -0.3 is 15.5 Å². The molecule has 0 aromatic heterocycles. The first kappa shape index (κ1) is 12.1. The van der Waals surface area contributed by atoms with Crippen molar-refractivity contribution in [3.05, 3.63) is 23.4 Å². The van der Waals surface area contributed by atoms with Crippen LogP contribution in [0.1, 0.15) is 6.92 Å². The molecule has 0 spiro atoms. The lowest BCUT2D eigenvalue weighted by molar-refractivity contribution is -0.140. The first-order valence-corrected chi connectivity index (χ1v) is 4.54. The van der Waals surface area contributed by atoms with Crippen molar-refractivity contribution in [2.75, 3.05) is 6.61 Å². The van der Waals surface area contributed by atoms with Crippen molar-refractivity contribution in [1.82, 2.24) is 5.32 Å². The van der Waals surface area contributed by atoms with E-state index in [1.165, 1.54) is 0 Å². The number of aliphatic hydroxyl groups excluding tert-OH is 1. The topological polar surface area (TPSA) is 104 Å². The van der Waals surface area contributed by atoms with E-state index in [1.54, 1.807) is 6.92 Å². The van der Waals surface area contributed by atoms with Gasteiger partial charge in [-0.05, 0) is 18.6 Å². The molecule has 1 rings (SSSR count). The number of carboxylic acids is 1. The molecule has 86 valence electrons. The zero-order chi connectivity index (χ0) is 12.3. The number of carbonyl (C=O) groups excluding carboxylic acids is 2. The molecule has 0 bridgehead atoms. The number of carboxylic acid groups (broad SMARTS) is 1. The van der Waals surface area contributed by atoms with Crippen molar-refractivity contribution in [2.24, 2.45) is 0 Å². The Hall–Kier alpha value is -1.95. The number of carbonyl (C=O) groups is 3. The zero-order valence-corrected chi connectivity index (χ0v) is 8.56. The van der Waals surface area contributed by atoms with Gasteiger partial charge in [-0.3, -0.25) is 9.59 Å². The number of ketones is 2. The van der Waals surface area contributed by atoms with Crippen LogP contribution in [0.25, 0.3) is 0 Å². The summed E-state index contributed by atoms with van der Waals surface area (Å²) in [5, 5.41) is 20.0. The van der Waals surface area contributed by atoms with Crippen LogP contribution < -0.4 is 5.32 Å². The van der Waals surface area contributed by atoms with Crippen LogP contribution in [0.4, 0.5) is 0 Å². The van der Waals surface area contributed by atoms with Gasteiger partial charge >= 0.3 is 5.97 Å². The van der Waals surface area contributed by atoms with Crippen LogP contribution in [0.2, 0.25) is 0 Å². The summed E-state index contributed by atoms with van der Waals surface area (Å²) in [5.74, 6) is -2.59. The molecule has 1 aliphatic rings. The smallest absolute Gasteiger partial charge is 0.328 e. The van der Waals surface area contributed by atoms with E-state index < -0.39 is 30.2 Å². The Balaban J connectivity index is 2.86. The third-order valence-electron chi connectivity index (χ3n) is 2.10. The highest BCUT2D eigenvalue weighted by molar-refractivity contribution is 6.46. The molecule has 6 nitrogen and oxygen atoms in total. The lowest BCUT2D eigenvalue weighted by Crippen LogP contribution is -2.40. The van der Waals surface area contributed by atoms with E-state index >= 15 is 0 Å². The van der Waals surface area contributed by atoms with Crippen molar-refractivity contribution in [3.8, 4) is 0 Å². The molecule has 0 aromatic carbocycles. The van der Waals surface area contributed by atoms with Gasteiger partial charge in [0.1, 0.15) is 6.04 Å². The summed E-state index contributed by atoms with van der Waals surface area (Å²) in [6.45, 7) is 0.960. The molecule has 0 amide bonds. The number of hydrogen-bond acceptors (Lipinski definition) is 5. The first-order valence-electron chi connectivity index (χ1n) is 4.54. The summed E-state index contributed by atoms with van der Waals surface area (Å²) in [7, 11) is 0. The maximum absolute atomic E-state index is 11.1. The molecule has 1 unspecified atom stereocenters. The highest BCUT2D eigenvalue weighted by Gasteiger charge is 2.22. The number of allylic oxidation sites excluding steroid dienone is 3. The molecule has 0 aliphatic heterocycles. The lowest BCUT2D eigenvalue weighted by atomic mass is 10.0. The van der Waals surface area contributed by atoms with Crippen LogP contribution >= 0.6 is 0 Å². The van der Waals surface area contributed by atoms with E-state index in [0.29, 0.717) is 5.57 Å². The summed E-state index contributed by atoms with van der Waals surface area (Å²) in [4.78, 5) is 32.7. The SMILES string of the molecule is CC1=CC(=O)C(=O)C=C1NC(CO)C(=O)O. The Labute approximate surface area is 91.3 Å². The summed E-state index contributed by atoms with van der Waals surface area (Å²) in [6.07, 6.45) is 2.16. The minimum Gasteiger partial charge on any atom is -0.480 e. The molecule has 0 aromatic rings. The number of rotatable bonds is 4. The van der Waals surface area contributed by atoms with Gasteiger partial charge in [0.2, 0.25) is 11.6 Å². The Bertz CT molecular complexity index is 407. The maximum atomic E-state index is 11.1. The predicted octanol–water partition coefficient (Wildman–Crippen LogP) is -0.997. The van der Waals surface area contributed by atoms with Gasteiger partial charge in [0.15, 0.2) is 0 Å². The molecule has 0 heterocycles. The quantitative estimate of drug-likeness (QED) is 0.419. The van der Waals surface area contributed by atoms with Gasteiger partial charge in [-0.15, -0.1) is 0 Å². The van der Waals surface area contributed by atoms with Crippen LogP contribution in [-0.4, -0.2) is 40.4 Å². The van der Waals surface area contributed by atoms with Gasteiger partial charge in [0.05, 0.1) is 6.61 Å². The van der Waals surface area contributed by atoms with E-state index in [1.807, 2.05) is 0 Å². The number of nitrogens with one attached hydrogen (secondary N) is 1. The molecule has 0 saturated heterocycles. The van der Waals surface area contributed by atoms with Crippen LogP contribution in [0, 0.1) is 0 Å². The van der Waals surface area contributed by atoms with Crippen LogP contribution in [-0.2, 0) is 14.4 Å². The second kappa shape index (κ2) is 4.71. The van der Waals surface area contributed by atoms with Crippen molar-refractivity contribution in [3.63, 3.8) is 0 Å². The first-order chi connectivity index (χ1) is 7.45. The minimum atomic E-state index is -1.24. The minimum absolute atomic E-state index is 0.242. The molecular formula is C10H11NO5. The third-order valence-corrected chi connectivity index (χ3v) is 2.10. The molecule has 6 heteroatoms. The maximum Gasteiger partial charge on any atom is 0.328 e. The van der Waals surface area contributed by atoms with Gasteiger partial charge in [-0.1, -0.05) is 0 Å². The average Bonchev–Trinajstić information content (AvgIpc) is 2.21. The monoisotopic (exact) mass is 225 g/mol. The van der Waals surface area contributed by atoms with Crippen molar-refractivity contribution in [1.29, 1.82) is 0 Å². The lowest BCUT2D eigenvalue weighted by Gasteiger charge is -2.18. The third kappa shape index (κ3) is 2.54. The van der Waals surface area contributed by atoms with Crippen LogP contribution in [0.15, 0.2) is 23.4 Å². The molecule has 3 N–H and O–H groups in total. The van der Waals surface area contributed by atoms with Gasteiger partial charge in [0.25, 0.3) is 0 Å². The van der Waals surface area contributed by atoms with Gasteiger partial charge in [0, 0.05) is 11.8 Å².